The van der Waals surface area contributed by atoms with Crippen molar-refractivity contribution in [2.45, 2.75) is 25.3 Å². The summed E-state index contributed by atoms with van der Waals surface area (Å²) in [7, 11) is 3.88. The largest absolute Gasteiger partial charge is 0.457 e. The Bertz CT molecular complexity index is 193. The predicted molar refractivity (Wildman–Crippen MR) is 46.3 cm³/mol. The van der Waals surface area contributed by atoms with Crippen LogP contribution in [-0.2, 0) is 4.79 Å². The molecule has 0 bridgehead atoms. The van der Waals surface area contributed by atoms with Crippen LogP contribution in [0.5, 0.6) is 0 Å². The van der Waals surface area contributed by atoms with E-state index >= 15 is 0 Å². The Hall–Kier alpha value is -0.570. The highest BCUT2D eigenvalue weighted by Gasteiger charge is 2.29. The number of hydrogen-bond donors (Lipinski definition) is 0. The van der Waals surface area contributed by atoms with Crippen LogP contribution in [0.4, 0.5) is 0 Å². The predicted octanol–water partition coefficient (Wildman–Crippen LogP) is 0.475. The highest BCUT2D eigenvalue weighted by molar-refractivity contribution is 5.78. The molecular weight excluding hydrogens is 152 g/mol. The van der Waals surface area contributed by atoms with E-state index in [0.717, 1.165) is 38.9 Å². The average molecular weight is 167 g/mol. The molecule has 0 saturated carbocycles. The molecule has 2 aliphatic heterocycles. The third-order valence-electron chi connectivity index (χ3n) is 2.80. The Morgan fingerprint density at radius 1 is 1.42 bits per heavy atom. The van der Waals surface area contributed by atoms with Gasteiger partial charge in [-0.15, -0.1) is 0 Å². The third-order valence-corrected chi connectivity index (χ3v) is 2.80. The van der Waals surface area contributed by atoms with Crippen LogP contribution >= 0.6 is 0 Å². The van der Waals surface area contributed by atoms with Crippen molar-refractivity contribution in [2.75, 3.05) is 19.6 Å². The van der Waals surface area contributed by atoms with Crippen molar-refractivity contribution in [1.82, 2.24) is 9.80 Å². The maximum Gasteiger partial charge on any atom is 0.222 e. The van der Waals surface area contributed by atoms with Crippen LogP contribution in [0.1, 0.15) is 19.3 Å². The third kappa shape index (κ3) is 1.33. The average Bonchev–Trinajstić information content (AvgIpc) is 2.58. The zero-order valence-corrected chi connectivity index (χ0v) is 7.33. The first-order valence-corrected chi connectivity index (χ1v) is 4.62. The molecule has 2 rings (SSSR count). The first-order chi connectivity index (χ1) is 5.77. The second kappa shape index (κ2) is 3.05. The summed E-state index contributed by atoms with van der Waals surface area (Å²) in [5, 5.41) is 0. The second-order valence-corrected chi connectivity index (χ2v) is 3.71. The molecule has 0 N–H and O–H groups in total. The van der Waals surface area contributed by atoms with Gasteiger partial charge < -0.3 is 9.80 Å². The van der Waals surface area contributed by atoms with Crippen molar-refractivity contribution in [3.63, 3.8) is 0 Å². The summed E-state index contributed by atoms with van der Waals surface area (Å²) < 4.78 is 0. The van der Waals surface area contributed by atoms with Crippen molar-refractivity contribution in [3.8, 4) is 0 Å². The molecule has 2 fully saturated rings. The molecular formula is C9H15N2O-. The van der Waals surface area contributed by atoms with E-state index in [4.69, 9.17) is 0 Å². The number of amides is 1. The molecule has 68 valence electrons. The van der Waals surface area contributed by atoms with Crippen LogP contribution < -0.4 is 0 Å². The lowest BCUT2D eigenvalue weighted by Crippen LogP contribution is -2.37. The van der Waals surface area contributed by atoms with E-state index in [2.05, 4.69) is 11.9 Å². The Balaban J connectivity index is 1.96. The van der Waals surface area contributed by atoms with E-state index < -0.39 is 0 Å². The molecule has 0 spiro atoms. The molecule has 0 aromatic heterocycles. The summed E-state index contributed by atoms with van der Waals surface area (Å²) in [5.74, 6) is 0.343. The van der Waals surface area contributed by atoms with Gasteiger partial charge in [0.1, 0.15) is 0 Å². The molecule has 3 nitrogen and oxygen atoms in total. The summed E-state index contributed by atoms with van der Waals surface area (Å²) in [6.07, 6.45) is 2.91. The zero-order chi connectivity index (χ0) is 8.55. The van der Waals surface area contributed by atoms with Gasteiger partial charge in [-0.3, -0.25) is 11.8 Å². The van der Waals surface area contributed by atoms with E-state index in [9.17, 15) is 4.79 Å². The molecule has 0 aromatic carbocycles. The minimum Gasteiger partial charge on any atom is -0.457 e. The standard InChI is InChI=1S/C9H15N2O/c1-10-6-4-8(7-10)11-5-2-3-9(11)12/h8H,1-7H2/q-1/t8-/m0/s1. The summed E-state index contributed by atoms with van der Waals surface area (Å²) >= 11 is 0. The van der Waals surface area contributed by atoms with E-state index in [-0.39, 0.29) is 0 Å². The van der Waals surface area contributed by atoms with Gasteiger partial charge in [0.15, 0.2) is 0 Å². The van der Waals surface area contributed by atoms with Crippen molar-refractivity contribution in [3.05, 3.63) is 7.05 Å². The molecule has 2 saturated heterocycles. The summed E-state index contributed by atoms with van der Waals surface area (Å²) in [6.45, 7) is 2.97. The molecule has 2 heterocycles. The van der Waals surface area contributed by atoms with Crippen LogP contribution in [0.25, 0.3) is 0 Å². The van der Waals surface area contributed by atoms with E-state index in [1.165, 1.54) is 0 Å². The van der Waals surface area contributed by atoms with Crippen molar-refractivity contribution in [1.29, 1.82) is 0 Å². The maximum absolute atomic E-state index is 11.4. The monoisotopic (exact) mass is 167 g/mol. The van der Waals surface area contributed by atoms with Crippen molar-refractivity contribution in [2.24, 2.45) is 0 Å². The van der Waals surface area contributed by atoms with Crippen LogP contribution in [-0.4, -0.2) is 41.4 Å². The molecule has 12 heavy (non-hydrogen) atoms. The number of hydrogen-bond acceptors (Lipinski definition) is 2. The number of rotatable bonds is 1. The van der Waals surface area contributed by atoms with Gasteiger partial charge >= 0.3 is 0 Å². The number of likely N-dealkylation sites (tertiary alicyclic amines) is 2. The number of carbonyl (C=O) groups excluding carboxylic acids is 1. The topological polar surface area (TPSA) is 23.6 Å². The summed E-state index contributed by atoms with van der Waals surface area (Å²) in [4.78, 5) is 15.4. The lowest BCUT2D eigenvalue weighted by atomic mass is 10.2. The molecule has 0 aliphatic carbocycles. The summed E-state index contributed by atoms with van der Waals surface area (Å²) in [6, 6.07) is 0.456. The molecule has 0 radical (unpaired) electrons. The van der Waals surface area contributed by atoms with Gasteiger partial charge in [0, 0.05) is 19.0 Å². The SMILES string of the molecule is [CH2-]N1CC[C@H](N2CCCC2=O)C1. The normalized spacial score (nSPS) is 31.9. The first kappa shape index (κ1) is 8.05. The molecule has 0 unspecified atom stereocenters. The minimum absolute atomic E-state index is 0.343. The van der Waals surface area contributed by atoms with Gasteiger partial charge in [-0.1, -0.05) is 0 Å². The Morgan fingerprint density at radius 2 is 2.25 bits per heavy atom. The lowest BCUT2D eigenvalue weighted by molar-refractivity contribution is -0.129. The van der Waals surface area contributed by atoms with Gasteiger partial charge in [0.2, 0.25) is 5.91 Å². The lowest BCUT2D eigenvalue weighted by Gasteiger charge is -2.25. The fourth-order valence-electron chi connectivity index (χ4n) is 2.12. The molecule has 2 aliphatic rings. The fourth-order valence-corrected chi connectivity index (χ4v) is 2.12. The van der Waals surface area contributed by atoms with Gasteiger partial charge in [0.25, 0.3) is 0 Å². The van der Waals surface area contributed by atoms with Crippen LogP contribution in [0.15, 0.2) is 0 Å². The van der Waals surface area contributed by atoms with Gasteiger partial charge in [-0.25, -0.2) is 0 Å². The Labute approximate surface area is 73.3 Å². The fraction of sp³-hybridized carbons (Fsp3) is 0.778. The van der Waals surface area contributed by atoms with Gasteiger partial charge in [0.05, 0.1) is 0 Å². The molecule has 1 atom stereocenters. The highest BCUT2D eigenvalue weighted by Crippen LogP contribution is 2.20. The van der Waals surface area contributed by atoms with E-state index in [1.54, 1.807) is 0 Å². The first-order valence-electron chi connectivity index (χ1n) is 4.62. The van der Waals surface area contributed by atoms with Crippen molar-refractivity contribution < 1.29 is 4.79 Å². The second-order valence-electron chi connectivity index (χ2n) is 3.71. The highest BCUT2D eigenvalue weighted by atomic mass is 16.2. The minimum atomic E-state index is 0.343. The van der Waals surface area contributed by atoms with E-state index in [0.29, 0.717) is 11.9 Å². The van der Waals surface area contributed by atoms with E-state index in [1.807, 2.05) is 4.90 Å². The van der Waals surface area contributed by atoms with Crippen LogP contribution in [0, 0.1) is 7.05 Å². The van der Waals surface area contributed by atoms with Gasteiger partial charge in [-0.05, 0) is 25.9 Å². The van der Waals surface area contributed by atoms with Gasteiger partial charge in [-0.2, -0.15) is 0 Å². The maximum atomic E-state index is 11.4. The molecule has 3 heteroatoms. The van der Waals surface area contributed by atoms with Crippen LogP contribution in [0.2, 0.25) is 0 Å². The number of carbonyl (C=O) groups is 1. The quantitative estimate of drug-likeness (QED) is 0.530. The number of nitrogens with zero attached hydrogens (tertiary/aromatic N) is 2. The Morgan fingerprint density at radius 3 is 2.75 bits per heavy atom. The molecule has 1 amide bonds. The Kier molecular flexibility index (Phi) is 2.05. The summed E-state index contributed by atoms with van der Waals surface area (Å²) in [5.41, 5.74) is 0. The van der Waals surface area contributed by atoms with Crippen LogP contribution in [0.3, 0.4) is 0 Å². The molecule has 0 aromatic rings. The van der Waals surface area contributed by atoms with Crippen molar-refractivity contribution >= 4 is 5.91 Å². The zero-order valence-electron chi connectivity index (χ0n) is 7.33. The smallest absolute Gasteiger partial charge is 0.222 e.